The van der Waals surface area contributed by atoms with Crippen LogP contribution >= 0.6 is 0 Å². The van der Waals surface area contributed by atoms with Crippen molar-refractivity contribution in [3.8, 4) is 0 Å². The molecule has 0 aliphatic carbocycles. The summed E-state index contributed by atoms with van der Waals surface area (Å²) in [4.78, 5) is 49.8. The molecule has 0 radical (unpaired) electrons. The molecule has 2 heterocycles. The van der Waals surface area contributed by atoms with Crippen LogP contribution in [0.15, 0.2) is 51.0 Å². The van der Waals surface area contributed by atoms with Crippen LogP contribution < -0.4 is 16.0 Å². The number of aryl methyl sites for hydroxylation is 1. The molecule has 1 N–H and O–H groups in total. The first-order chi connectivity index (χ1) is 14.0. The molecule has 11 heteroatoms. The van der Waals surface area contributed by atoms with Crippen molar-refractivity contribution < 1.29 is 18.0 Å². The van der Waals surface area contributed by atoms with Crippen LogP contribution in [-0.4, -0.2) is 40.8 Å². The Kier molecular flexibility index (Phi) is 5.66. The molecule has 2 aromatic rings. The predicted octanol–water partition coefficient (Wildman–Crippen LogP) is -0.501. The Bertz CT molecular complexity index is 1220. The first-order valence-corrected chi connectivity index (χ1v) is 10.7. The Labute approximate surface area is 172 Å². The summed E-state index contributed by atoms with van der Waals surface area (Å²) < 4.78 is 28.6. The number of nitrogens with one attached hydrogen (secondary N) is 1. The summed E-state index contributed by atoms with van der Waals surface area (Å²) in [6.45, 7) is 1.89. The van der Waals surface area contributed by atoms with E-state index in [2.05, 4.69) is 0 Å². The normalized spacial score (nSPS) is 17.8. The van der Waals surface area contributed by atoms with Crippen molar-refractivity contribution >= 4 is 21.8 Å². The lowest BCUT2D eigenvalue weighted by atomic mass is 10.1. The number of rotatable bonds is 5. The van der Waals surface area contributed by atoms with Crippen molar-refractivity contribution in [1.29, 1.82) is 0 Å². The van der Waals surface area contributed by atoms with Gasteiger partial charge in [-0.25, -0.2) is 17.9 Å². The van der Waals surface area contributed by atoms with Gasteiger partial charge in [0.25, 0.3) is 15.6 Å². The van der Waals surface area contributed by atoms with Gasteiger partial charge in [-0.15, -0.1) is 0 Å². The molecular formula is C19H22N4O6S. The first-order valence-electron chi connectivity index (χ1n) is 9.20. The Morgan fingerprint density at radius 2 is 1.77 bits per heavy atom. The molecule has 0 saturated carbocycles. The molecule has 2 unspecified atom stereocenters. The highest BCUT2D eigenvalue weighted by Gasteiger charge is 2.38. The SMILES string of the molecule is CC(c1ccccc1)N1CC(C(=O)NS(=O)(=O)c2cn(C)c(=O)n(C)c2=O)CC1=O. The van der Waals surface area contributed by atoms with Crippen LogP contribution in [0.5, 0.6) is 0 Å². The van der Waals surface area contributed by atoms with Crippen LogP contribution in [0.1, 0.15) is 24.9 Å². The summed E-state index contributed by atoms with van der Waals surface area (Å²) in [7, 11) is -2.08. The van der Waals surface area contributed by atoms with Crippen molar-refractivity contribution in [2.24, 2.45) is 20.0 Å². The van der Waals surface area contributed by atoms with E-state index in [-0.39, 0.29) is 24.9 Å². The fourth-order valence-corrected chi connectivity index (χ4v) is 4.63. The molecule has 1 saturated heterocycles. The van der Waals surface area contributed by atoms with Gasteiger partial charge >= 0.3 is 5.69 Å². The lowest BCUT2D eigenvalue weighted by molar-refractivity contribution is -0.130. The van der Waals surface area contributed by atoms with Gasteiger partial charge in [-0.2, -0.15) is 0 Å². The highest BCUT2D eigenvalue weighted by molar-refractivity contribution is 7.90. The summed E-state index contributed by atoms with van der Waals surface area (Å²) in [5.74, 6) is -2.02. The maximum atomic E-state index is 12.6. The van der Waals surface area contributed by atoms with Gasteiger partial charge < -0.3 is 9.47 Å². The molecule has 3 rings (SSSR count). The standard InChI is InChI=1S/C19H22N4O6S/c1-12(13-7-5-4-6-8-13)23-10-14(9-16(23)24)17(25)20-30(28,29)15-11-21(2)19(27)22(3)18(15)26/h4-8,11-12,14H,9-10H2,1-3H3,(H,20,25). The van der Waals surface area contributed by atoms with Gasteiger partial charge in [-0.3, -0.25) is 19.0 Å². The van der Waals surface area contributed by atoms with Gasteiger partial charge in [-0.1, -0.05) is 30.3 Å². The number of sulfonamides is 1. The zero-order valence-corrected chi connectivity index (χ0v) is 17.5. The maximum Gasteiger partial charge on any atom is 0.330 e. The molecule has 1 aromatic carbocycles. The smallest absolute Gasteiger partial charge is 0.330 e. The quantitative estimate of drug-likeness (QED) is 0.676. The van der Waals surface area contributed by atoms with E-state index in [0.717, 1.165) is 23.4 Å². The van der Waals surface area contributed by atoms with Gasteiger partial charge in [0, 0.05) is 33.3 Å². The van der Waals surface area contributed by atoms with Crippen molar-refractivity contribution in [2.45, 2.75) is 24.3 Å². The van der Waals surface area contributed by atoms with E-state index in [4.69, 9.17) is 0 Å². The third-order valence-corrected chi connectivity index (χ3v) is 6.55. The molecule has 1 aliphatic rings. The van der Waals surface area contributed by atoms with E-state index in [9.17, 15) is 27.6 Å². The minimum Gasteiger partial charge on any atom is -0.335 e. The average Bonchev–Trinajstić information content (AvgIpc) is 3.10. The van der Waals surface area contributed by atoms with Crippen LogP contribution in [0.25, 0.3) is 0 Å². The number of nitrogens with zero attached hydrogens (tertiary/aromatic N) is 3. The third-order valence-electron chi connectivity index (χ3n) is 5.22. The Morgan fingerprint density at radius 3 is 2.40 bits per heavy atom. The molecule has 0 spiro atoms. The molecule has 30 heavy (non-hydrogen) atoms. The van der Waals surface area contributed by atoms with Crippen LogP contribution in [0.3, 0.4) is 0 Å². The van der Waals surface area contributed by atoms with Gasteiger partial charge in [-0.05, 0) is 12.5 Å². The second kappa shape index (κ2) is 7.90. The van der Waals surface area contributed by atoms with Crippen LogP contribution in [0.2, 0.25) is 0 Å². The number of benzene rings is 1. The molecule has 2 amide bonds. The zero-order valence-electron chi connectivity index (χ0n) is 16.7. The molecule has 160 valence electrons. The lowest BCUT2D eigenvalue weighted by Crippen LogP contribution is -2.44. The molecule has 1 fully saturated rings. The van der Waals surface area contributed by atoms with E-state index in [0.29, 0.717) is 4.57 Å². The number of amides is 2. The second-order valence-corrected chi connectivity index (χ2v) is 8.91. The number of likely N-dealkylation sites (tertiary alicyclic amines) is 1. The number of hydrogen-bond donors (Lipinski definition) is 1. The van der Waals surface area contributed by atoms with Crippen LogP contribution in [0.4, 0.5) is 0 Å². The number of carbonyl (C=O) groups excluding carboxylic acids is 2. The molecule has 2 atom stereocenters. The highest BCUT2D eigenvalue weighted by atomic mass is 32.2. The van der Waals surface area contributed by atoms with Gasteiger partial charge in [0.05, 0.1) is 12.0 Å². The van der Waals surface area contributed by atoms with Gasteiger partial charge in [0.15, 0.2) is 4.90 Å². The molecule has 1 aliphatic heterocycles. The lowest BCUT2D eigenvalue weighted by Gasteiger charge is -2.25. The van der Waals surface area contributed by atoms with E-state index >= 15 is 0 Å². The fourth-order valence-electron chi connectivity index (χ4n) is 3.42. The van der Waals surface area contributed by atoms with Crippen molar-refractivity contribution in [3.63, 3.8) is 0 Å². The van der Waals surface area contributed by atoms with E-state index in [1.807, 2.05) is 42.0 Å². The highest BCUT2D eigenvalue weighted by Crippen LogP contribution is 2.28. The summed E-state index contributed by atoms with van der Waals surface area (Å²) in [6.07, 6.45) is 0.730. The van der Waals surface area contributed by atoms with E-state index in [1.165, 1.54) is 11.9 Å². The maximum absolute atomic E-state index is 12.6. The Balaban J connectivity index is 1.79. The zero-order chi connectivity index (χ0) is 22.2. The minimum atomic E-state index is -4.52. The number of aromatic nitrogens is 2. The molecular weight excluding hydrogens is 412 g/mol. The van der Waals surface area contributed by atoms with Gasteiger partial charge in [0.2, 0.25) is 11.8 Å². The number of hydrogen-bond acceptors (Lipinski definition) is 6. The summed E-state index contributed by atoms with van der Waals surface area (Å²) in [5, 5.41) is 0. The molecule has 10 nitrogen and oxygen atoms in total. The molecule has 0 bridgehead atoms. The van der Waals surface area contributed by atoms with E-state index in [1.54, 1.807) is 0 Å². The van der Waals surface area contributed by atoms with Crippen molar-refractivity contribution in [2.75, 3.05) is 6.54 Å². The largest absolute Gasteiger partial charge is 0.335 e. The minimum absolute atomic E-state index is 0.0571. The van der Waals surface area contributed by atoms with Gasteiger partial charge in [0.1, 0.15) is 0 Å². The second-order valence-electron chi connectivity index (χ2n) is 7.25. The summed E-state index contributed by atoms with van der Waals surface area (Å²) >= 11 is 0. The fraction of sp³-hybridized carbons (Fsp3) is 0.368. The van der Waals surface area contributed by atoms with Crippen LogP contribution in [-0.2, 0) is 33.7 Å². The summed E-state index contributed by atoms with van der Waals surface area (Å²) in [6, 6.07) is 9.00. The van der Waals surface area contributed by atoms with E-state index < -0.39 is 38.0 Å². The summed E-state index contributed by atoms with van der Waals surface area (Å²) in [5.41, 5.74) is -0.842. The van der Waals surface area contributed by atoms with Crippen molar-refractivity contribution in [1.82, 2.24) is 18.8 Å². The average molecular weight is 434 g/mol. The monoisotopic (exact) mass is 434 g/mol. The Morgan fingerprint density at radius 1 is 1.13 bits per heavy atom. The Hall–Kier alpha value is -3.21. The van der Waals surface area contributed by atoms with Crippen LogP contribution in [0, 0.1) is 5.92 Å². The first kappa shape index (κ1) is 21.5. The predicted molar refractivity (Wildman–Crippen MR) is 107 cm³/mol. The topological polar surface area (TPSA) is 128 Å². The third kappa shape index (κ3) is 3.92. The number of carbonyl (C=O) groups is 2. The van der Waals surface area contributed by atoms with Crippen molar-refractivity contribution in [3.05, 3.63) is 62.9 Å². The molecule has 1 aromatic heterocycles.